The highest BCUT2D eigenvalue weighted by Crippen LogP contribution is 2.33. The van der Waals surface area contributed by atoms with Crippen molar-refractivity contribution in [1.82, 2.24) is 0 Å². The van der Waals surface area contributed by atoms with Gasteiger partial charge in [0.25, 0.3) is 0 Å². The lowest BCUT2D eigenvalue weighted by atomic mass is 9.97. The number of phenols is 1. The number of aliphatic hydroxyl groups excluding tert-OH is 1. The lowest BCUT2D eigenvalue weighted by molar-refractivity contribution is 0.254. The fourth-order valence-corrected chi connectivity index (χ4v) is 4.10. The van der Waals surface area contributed by atoms with E-state index in [0.717, 1.165) is 16.7 Å². The number of aliphatic hydroxyl groups is 1. The minimum atomic E-state index is -1.46. The van der Waals surface area contributed by atoms with E-state index in [0.29, 0.717) is 4.90 Å². The molecule has 0 fully saturated rings. The molecule has 25 heavy (non-hydrogen) atoms. The second-order valence-corrected chi connectivity index (χ2v) is 8.00. The Morgan fingerprint density at radius 1 is 0.840 bits per heavy atom. The summed E-state index contributed by atoms with van der Waals surface area (Å²) in [6.07, 6.45) is 0. The van der Waals surface area contributed by atoms with Gasteiger partial charge in [0, 0.05) is 4.90 Å². The maximum Gasteiger partial charge on any atom is 0.115 e. The molecule has 0 heterocycles. The molecular weight excluding hydrogens is 332 g/mol. The van der Waals surface area contributed by atoms with Gasteiger partial charge in [0.2, 0.25) is 0 Å². The van der Waals surface area contributed by atoms with Crippen LogP contribution in [0.15, 0.2) is 83.8 Å². The van der Waals surface area contributed by atoms with Crippen LogP contribution in [-0.2, 0) is 15.5 Å². The largest absolute Gasteiger partial charge is 0.508 e. The molecule has 0 radical (unpaired) electrons. The normalized spacial score (nSPS) is 14.6. The predicted octanol–water partition coefficient (Wildman–Crippen LogP) is 4.07. The van der Waals surface area contributed by atoms with Crippen LogP contribution in [-0.4, -0.2) is 21.0 Å². The number of rotatable bonds is 5. The van der Waals surface area contributed by atoms with Crippen LogP contribution >= 0.6 is 0 Å². The highest BCUT2D eigenvalue weighted by molar-refractivity contribution is 7.86. The summed E-state index contributed by atoms with van der Waals surface area (Å²) in [7, 11) is -1.46. The quantitative estimate of drug-likeness (QED) is 0.728. The first kappa shape index (κ1) is 17.4. The van der Waals surface area contributed by atoms with Crippen molar-refractivity contribution in [3.8, 4) is 16.9 Å². The summed E-state index contributed by atoms with van der Waals surface area (Å²) in [5.41, 5.74) is 2.99. The lowest BCUT2D eigenvalue weighted by Crippen LogP contribution is -2.32. The Balaban J connectivity index is 1.94. The fraction of sp³-hybridized carbons (Fsp3) is 0.143. The second-order valence-electron chi connectivity index (χ2n) is 6.09. The molecule has 2 N–H and O–H groups in total. The molecule has 3 aromatic rings. The number of hydrogen-bond acceptors (Lipinski definition) is 3. The van der Waals surface area contributed by atoms with Gasteiger partial charge in [-0.3, -0.25) is 4.21 Å². The van der Waals surface area contributed by atoms with Crippen molar-refractivity contribution in [3.05, 3.63) is 84.4 Å². The van der Waals surface area contributed by atoms with Crippen molar-refractivity contribution in [2.75, 3.05) is 6.61 Å². The van der Waals surface area contributed by atoms with E-state index in [1.54, 1.807) is 19.1 Å². The first-order valence-corrected chi connectivity index (χ1v) is 9.17. The molecule has 2 atom stereocenters. The molecule has 0 spiro atoms. The molecule has 2 unspecified atom stereocenters. The van der Waals surface area contributed by atoms with Crippen molar-refractivity contribution >= 4 is 10.8 Å². The van der Waals surface area contributed by atoms with Gasteiger partial charge in [-0.1, -0.05) is 54.6 Å². The Labute approximate surface area is 150 Å². The molecule has 3 nitrogen and oxygen atoms in total. The van der Waals surface area contributed by atoms with Gasteiger partial charge in [0.1, 0.15) is 5.75 Å². The lowest BCUT2D eigenvalue weighted by Gasteiger charge is -2.27. The van der Waals surface area contributed by atoms with Gasteiger partial charge in [-0.15, -0.1) is 0 Å². The van der Waals surface area contributed by atoms with Crippen molar-refractivity contribution < 1.29 is 14.4 Å². The predicted molar refractivity (Wildman–Crippen MR) is 101 cm³/mol. The van der Waals surface area contributed by atoms with Gasteiger partial charge in [0.15, 0.2) is 0 Å². The number of phenolic OH excluding ortho intramolecular Hbond substituents is 1. The highest BCUT2D eigenvalue weighted by Gasteiger charge is 2.34. The zero-order chi connectivity index (χ0) is 17.9. The molecule has 0 amide bonds. The van der Waals surface area contributed by atoms with Gasteiger partial charge in [-0.05, 0) is 47.9 Å². The third-order valence-corrected chi connectivity index (χ3v) is 6.25. The topological polar surface area (TPSA) is 57.5 Å². The Morgan fingerprint density at radius 2 is 1.40 bits per heavy atom. The van der Waals surface area contributed by atoms with Crippen LogP contribution in [0.4, 0.5) is 0 Å². The number of benzene rings is 3. The maximum absolute atomic E-state index is 13.0. The minimum absolute atomic E-state index is 0.124. The van der Waals surface area contributed by atoms with E-state index in [4.69, 9.17) is 0 Å². The fourth-order valence-electron chi connectivity index (χ4n) is 2.73. The smallest absolute Gasteiger partial charge is 0.115 e. The van der Waals surface area contributed by atoms with Gasteiger partial charge in [-0.2, -0.15) is 0 Å². The molecule has 0 aliphatic heterocycles. The van der Waals surface area contributed by atoms with Crippen LogP contribution in [0.2, 0.25) is 0 Å². The summed E-state index contributed by atoms with van der Waals surface area (Å²) in [6, 6.07) is 24.1. The van der Waals surface area contributed by atoms with Gasteiger partial charge in [0.05, 0.1) is 22.2 Å². The molecule has 0 bridgehead atoms. The SMILES string of the molecule is CC(CO)(c1ccc(-c2ccccc2)cc1)S(=O)c1ccc(O)cc1. The molecule has 0 saturated heterocycles. The second kappa shape index (κ2) is 7.21. The van der Waals surface area contributed by atoms with Crippen LogP contribution in [0.1, 0.15) is 12.5 Å². The molecular formula is C21H20O3S. The van der Waals surface area contributed by atoms with E-state index in [9.17, 15) is 14.4 Å². The molecule has 0 aliphatic rings. The van der Waals surface area contributed by atoms with E-state index in [-0.39, 0.29) is 12.4 Å². The molecule has 0 aliphatic carbocycles. The van der Waals surface area contributed by atoms with E-state index in [1.165, 1.54) is 12.1 Å². The van der Waals surface area contributed by atoms with E-state index < -0.39 is 15.5 Å². The van der Waals surface area contributed by atoms with E-state index >= 15 is 0 Å². The summed E-state index contributed by atoms with van der Waals surface area (Å²) >= 11 is 0. The van der Waals surface area contributed by atoms with Crippen molar-refractivity contribution in [2.24, 2.45) is 0 Å². The third kappa shape index (κ3) is 3.50. The van der Waals surface area contributed by atoms with E-state index in [1.807, 2.05) is 54.6 Å². The Bertz CT molecular complexity index is 858. The van der Waals surface area contributed by atoms with Crippen LogP contribution in [0.5, 0.6) is 5.75 Å². The van der Waals surface area contributed by atoms with E-state index in [2.05, 4.69) is 0 Å². The zero-order valence-corrected chi connectivity index (χ0v) is 14.7. The Hall–Kier alpha value is -2.43. The van der Waals surface area contributed by atoms with Crippen LogP contribution < -0.4 is 0 Å². The van der Waals surface area contributed by atoms with Crippen molar-refractivity contribution in [1.29, 1.82) is 0 Å². The standard InChI is InChI=1S/C21H20O3S/c1-21(15-22,25(24)20-13-11-19(23)12-14-20)18-9-7-17(8-10-18)16-5-3-2-4-6-16/h2-14,22-23H,15H2,1H3. The summed E-state index contributed by atoms with van der Waals surface area (Å²) in [5.74, 6) is 0.124. The number of aromatic hydroxyl groups is 1. The summed E-state index contributed by atoms with van der Waals surface area (Å²) in [5, 5.41) is 19.4. The van der Waals surface area contributed by atoms with Gasteiger partial charge in [-0.25, -0.2) is 0 Å². The Kier molecular flexibility index (Phi) is 5.02. The monoisotopic (exact) mass is 352 g/mol. The van der Waals surface area contributed by atoms with Crippen molar-refractivity contribution in [3.63, 3.8) is 0 Å². The van der Waals surface area contributed by atoms with Gasteiger partial charge < -0.3 is 10.2 Å². The first-order valence-electron chi connectivity index (χ1n) is 8.02. The average Bonchev–Trinajstić information content (AvgIpc) is 2.68. The summed E-state index contributed by atoms with van der Waals surface area (Å²) in [6.45, 7) is 1.54. The molecule has 0 aromatic heterocycles. The molecule has 4 heteroatoms. The minimum Gasteiger partial charge on any atom is -0.508 e. The summed E-state index contributed by atoms with van der Waals surface area (Å²) < 4.78 is 12.1. The molecule has 3 rings (SSSR count). The van der Waals surface area contributed by atoms with Crippen LogP contribution in [0.3, 0.4) is 0 Å². The summed E-state index contributed by atoms with van der Waals surface area (Å²) in [4.78, 5) is 0.571. The third-order valence-electron chi connectivity index (χ3n) is 4.36. The molecule has 3 aromatic carbocycles. The highest BCUT2D eigenvalue weighted by atomic mass is 32.2. The molecule has 0 saturated carbocycles. The van der Waals surface area contributed by atoms with Crippen LogP contribution in [0, 0.1) is 0 Å². The first-order chi connectivity index (χ1) is 12.0. The Morgan fingerprint density at radius 3 is 1.96 bits per heavy atom. The molecule has 128 valence electrons. The number of hydrogen-bond donors (Lipinski definition) is 2. The zero-order valence-electron chi connectivity index (χ0n) is 13.9. The van der Waals surface area contributed by atoms with Crippen LogP contribution in [0.25, 0.3) is 11.1 Å². The average molecular weight is 352 g/mol. The van der Waals surface area contributed by atoms with Crippen molar-refractivity contribution in [2.45, 2.75) is 16.6 Å². The van der Waals surface area contributed by atoms with Gasteiger partial charge >= 0.3 is 0 Å². The maximum atomic E-state index is 13.0.